The standard InChI is InChI=1S/C15H22F3N3/c1-12(11-21-7-3-2-4-8-21)19-10-14-6-5-13(9-20-14)15(16,17)18/h5-6,9,12,19H,2-4,7-8,10-11H2,1H3. The molecule has 0 saturated carbocycles. The van der Waals surface area contributed by atoms with Crippen LogP contribution >= 0.6 is 0 Å². The largest absolute Gasteiger partial charge is 0.417 e. The van der Waals surface area contributed by atoms with E-state index >= 15 is 0 Å². The Balaban J connectivity index is 1.76. The van der Waals surface area contributed by atoms with Gasteiger partial charge in [-0.2, -0.15) is 13.2 Å². The molecule has 1 N–H and O–H groups in total. The van der Waals surface area contributed by atoms with Crippen molar-refractivity contribution < 1.29 is 13.2 Å². The van der Waals surface area contributed by atoms with E-state index in [2.05, 4.69) is 22.1 Å². The van der Waals surface area contributed by atoms with Crippen LogP contribution in [0.1, 0.15) is 37.4 Å². The van der Waals surface area contributed by atoms with E-state index in [0.717, 1.165) is 31.9 Å². The van der Waals surface area contributed by atoms with Crippen molar-refractivity contribution in [2.75, 3.05) is 19.6 Å². The maximum atomic E-state index is 12.4. The van der Waals surface area contributed by atoms with Gasteiger partial charge in [-0.3, -0.25) is 4.98 Å². The average Bonchev–Trinajstić information content (AvgIpc) is 2.46. The minimum absolute atomic E-state index is 0.298. The van der Waals surface area contributed by atoms with Crippen LogP contribution in [-0.4, -0.2) is 35.6 Å². The summed E-state index contributed by atoms with van der Waals surface area (Å²) < 4.78 is 37.3. The van der Waals surface area contributed by atoms with Crippen LogP contribution < -0.4 is 5.32 Å². The summed E-state index contributed by atoms with van der Waals surface area (Å²) in [6, 6.07) is 2.81. The molecule has 0 bridgehead atoms. The van der Waals surface area contributed by atoms with Gasteiger partial charge < -0.3 is 10.2 Å². The second-order valence-corrected chi connectivity index (χ2v) is 5.68. The van der Waals surface area contributed by atoms with Crippen LogP contribution in [0.5, 0.6) is 0 Å². The number of likely N-dealkylation sites (tertiary alicyclic amines) is 1. The second-order valence-electron chi connectivity index (χ2n) is 5.68. The lowest BCUT2D eigenvalue weighted by atomic mass is 10.1. The Labute approximate surface area is 123 Å². The molecule has 0 aliphatic carbocycles. The van der Waals surface area contributed by atoms with Gasteiger partial charge in [-0.15, -0.1) is 0 Å². The SMILES string of the molecule is CC(CN1CCCCC1)NCc1ccc(C(F)(F)F)cn1. The van der Waals surface area contributed by atoms with Gasteiger partial charge in [0.05, 0.1) is 11.3 Å². The molecule has 0 spiro atoms. The van der Waals surface area contributed by atoms with Gasteiger partial charge in [0.15, 0.2) is 0 Å². The van der Waals surface area contributed by atoms with Gasteiger partial charge in [-0.25, -0.2) is 0 Å². The van der Waals surface area contributed by atoms with Gasteiger partial charge >= 0.3 is 6.18 Å². The van der Waals surface area contributed by atoms with Gasteiger partial charge in [-0.1, -0.05) is 6.42 Å². The van der Waals surface area contributed by atoms with Crippen molar-refractivity contribution in [3.05, 3.63) is 29.6 Å². The first kappa shape index (κ1) is 16.2. The number of nitrogens with one attached hydrogen (secondary N) is 1. The summed E-state index contributed by atoms with van der Waals surface area (Å²) in [5.41, 5.74) is -0.0684. The third kappa shape index (κ3) is 5.28. The van der Waals surface area contributed by atoms with E-state index in [4.69, 9.17) is 0 Å². The molecule has 6 heteroatoms. The maximum absolute atomic E-state index is 12.4. The first-order valence-electron chi connectivity index (χ1n) is 7.43. The zero-order valence-electron chi connectivity index (χ0n) is 12.3. The third-order valence-electron chi connectivity index (χ3n) is 3.76. The highest BCUT2D eigenvalue weighted by molar-refractivity contribution is 5.16. The lowest BCUT2D eigenvalue weighted by Crippen LogP contribution is -2.41. The van der Waals surface area contributed by atoms with Crippen molar-refractivity contribution in [2.45, 2.75) is 44.9 Å². The normalized spacial score (nSPS) is 18.7. The van der Waals surface area contributed by atoms with Crippen molar-refractivity contribution in [1.82, 2.24) is 15.2 Å². The molecule has 3 nitrogen and oxygen atoms in total. The smallest absolute Gasteiger partial charge is 0.307 e. The van der Waals surface area contributed by atoms with Crippen LogP contribution in [0.3, 0.4) is 0 Å². The van der Waals surface area contributed by atoms with Crippen LogP contribution in [0.15, 0.2) is 18.3 Å². The predicted molar refractivity (Wildman–Crippen MR) is 75.8 cm³/mol. The molecule has 2 rings (SSSR count). The monoisotopic (exact) mass is 301 g/mol. The topological polar surface area (TPSA) is 28.2 Å². The molecule has 1 aliphatic heterocycles. The zero-order chi connectivity index (χ0) is 15.3. The Morgan fingerprint density at radius 2 is 1.95 bits per heavy atom. The number of rotatable bonds is 5. The van der Waals surface area contributed by atoms with Gasteiger partial charge in [0.1, 0.15) is 0 Å². The van der Waals surface area contributed by atoms with Crippen molar-refractivity contribution in [3.8, 4) is 0 Å². The fourth-order valence-corrected chi connectivity index (χ4v) is 2.57. The first-order chi connectivity index (χ1) is 9.95. The summed E-state index contributed by atoms with van der Waals surface area (Å²) >= 11 is 0. The first-order valence-corrected chi connectivity index (χ1v) is 7.43. The molecule has 1 atom stereocenters. The fraction of sp³-hybridized carbons (Fsp3) is 0.667. The number of halogens is 3. The van der Waals surface area contributed by atoms with Crippen molar-refractivity contribution >= 4 is 0 Å². The number of hydrogen-bond acceptors (Lipinski definition) is 3. The van der Waals surface area contributed by atoms with E-state index < -0.39 is 11.7 Å². The Kier molecular flexibility index (Phi) is 5.58. The molecule has 0 aromatic carbocycles. The average molecular weight is 301 g/mol. The van der Waals surface area contributed by atoms with E-state index in [9.17, 15) is 13.2 Å². The summed E-state index contributed by atoms with van der Waals surface area (Å²) in [7, 11) is 0. The number of alkyl halides is 3. The van der Waals surface area contributed by atoms with Crippen molar-refractivity contribution in [2.24, 2.45) is 0 Å². The Hall–Kier alpha value is -1.14. The summed E-state index contributed by atoms with van der Waals surface area (Å²) in [5, 5.41) is 3.32. The van der Waals surface area contributed by atoms with Gasteiger partial charge in [0, 0.05) is 25.3 Å². The summed E-state index contributed by atoms with van der Waals surface area (Å²) in [5.74, 6) is 0. The lowest BCUT2D eigenvalue weighted by Gasteiger charge is -2.29. The summed E-state index contributed by atoms with van der Waals surface area (Å²) in [6.07, 6.45) is 0.404. The van der Waals surface area contributed by atoms with E-state index in [0.29, 0.717) is 18.3 Å². The molecule has 1 aromatic heterocycles. The highest BCUT2D eigenvalue weighted by atomic mass is 19.4. The van der Waals surface area contributed by atoms with Crippen LogP contribution in [0.4, 0.5) is 13.2 Å². The molecule has 1 aliphatic rings. The lowest BCUT2D eigenvalue weighted by molar-refractivity contribution is -0.137. The number of aromatic nitrogens is 1. The minimum Gasteiger partial charge on any atom is -0.307 e. The summed E-state index contributed by atoms with van der Waals surface area (Å²) in [4.78, 5) is 6.30. The van der Waals surface area contributed by atoms with E-state index in [1.165, 1.54) is 25.3 Å². The highest BCUT2D eigenvalue weighted by Gasteiger charge is 2.30. The molecule has 1 aromatic rings. The van der Waals surface area contributed by atoms with Crippen LogP contribution in [0.25, 0.3) is 0 Å². The van der Waals surface area contributed by atoms with Crippen molar-refractivity contribution in [1.29, 1.82) is 0 Å². The third-order valence-corrected chi connectivity index (χ3v) is 3.76. The van der Waals surface area contributed by atoms with E-state index in [1.54, 1.807) is 0 Å². The predicted octanol–water partition coefficient (Wildman–Crippen LogP) is 3.06. The molecular formula is C15H22F3N3. The summed E-state index contributed by atoms with van der Waals surface area (Å²) in [6.45, 7) is 5.85. The minimum atomic E-state index is -4.32. The quantitative estimate of drug-likeness (QED) is 0.906. The van der Waals surface area contributed by atoms with Gasteiger partial charge in [-0.05, 0) is 45.0 Å². The Morgan fingerprint density at radius 1 is 1.24 bits per heavy atom. The van der Waals surface area contributed by atoms with Crippen LogP contribution in [-0.2, 0) is 12.7 Å². The Morgan fingerprint density at radius 3 is 2.52 bits per heavy atom. The molecule has 0 amide bonds. The molecule has 21 heavy (non-hydrogen) atoms. The number of hydrogen-bond donors (Lipinski definition) is 1. The van der Waals surface area contributed by atoms with E-state index in [-0.39, 0.29) is 0 Å². The van der Waals surface area contributed by atoms with Crippen LogP contribution in [0, 0.1) is 0 Å². The maximum Gasteiger partial charge on any atom is 0.417 e. The molecule has 2 heterocycles. The molecular weight excluding hydrogens is 279 g/mol. The highest BCUT2D eigenvalue weighted by Crippen LogP contribution is 2.28. The van der Waals surface area contributed by atoms with Gasteiger partial charge in [0.25, 0.3) is 0 Å². The zero-order valence-corrected chi connectivity index (χ0v) is 12.3. The van der Waals surface area contributed by atoms with Crippen LogP contribution in [0.2, 0.25) is 0 Å². The molecule has 118 valence electrons. The number of piperidine rings is 1. The Bertz CT molecular complexity index is 425. The van der Waals surface area contributed by atoms with E-state index in [1.807, 2.05) is 0 Å². The molecule has 0 radical (unpaired) electrons. The fourth-order valence-electron chi connectivity index (χ4n) is 2.57. The van der Waals surface area contributed by atoms with Crippen molar-refractivity contribution in [3.63, 3.8) is 0 Å². The molecule has 1 saturated heterocycles. The molecule has 1 fully saturated rings. The molecule has 1 unspecified atom stereocenters. The van der Waals surface area contributed by atoms with Gasteiger partial charge in [0.2, 0.25) is 0 Å². The second kappa shape index (κ2) is 7.22. The number of pyridine rings is 1. The number of nitrogens with zero attached hydrogens (tertiary/aromatic N) is 2.